The van der Waals surface area contributed by atoms with Crippen LogP contribution >= 0.6 is 0 Å². The number of allylic oxidation sites excluding steroid dienone is 8. The van der Waals surface area contributed by atoms with E-state index in [1.807, 2.05) is 6.66 Å². The third kappa shape index (κ3) is 2.14. The zero-order chi connectivity index (χ0) is 12.5. The van der Waals surface area contributed by atoms with Gasteiger partial charge in [-0.3, -0.25) is 0 Å². The molecule has 0 nitrogen and oxygen atoms in total. The summed E-state index contributed by atoms with van der Waals surface area (Å²) in [5.74, 6) is 0. The summed E-state index contributed by atoms with van der Waals surface area (Å²) in [6.45, 7) is 9.93. The van der Waals surface area contributed by atoms with Crippen LogP contribution < -0.4 is 0 Å². The average molecular weight is 411 g/mol. The Morgan fingerprint density at radius 1 is 1.06 bits per heavy atom. The van der Waals surface area contributed by atoms with E-state index < -0.39 is 18.1 Å². The first-order valence-electron chi connectivity index (χ1n) is 6.43. The molecule has 0 fully saturated rings. The minimum absolute atomic E-state index is 0. The molecule has 0 aromatic heterocycles. The number of hydrogen-bond acceptors (Lipinski definition) is 0. The van der Waals surface area contributed by atoms with Crippen LogP contribution in [0.2, 0.25) is 13.1 Å². The van der Waals surface area contributed by atoms with Crippen molar-refractivity contribution >= 4 is 8.75 Å². The molecule has 0 radical (unpaired) electrons. The maximum Gasteiger partial charge on any atom is -1.00 e. The fraction of sp³-hybridized carbons (Fsp3) is 0.400. The third-order valence-electron chi connectivity index (χ3n) is 4.01. The Kier molecular flexibility index (Phi) is 4.14. The van der Waals surface area contributed by atoms with E-state index in [1.54, 1.807) is 3.26 Å². The van der Waals surface area contributed by atoms with Crippen molar-refractivity contribution in [3.63, 3.8) is 0 Å². The maximum absolute atomic E-state index is 2.55. The van der Waals surface area contributed by atoms with Gasteiger partial charge in [0.25, 0.3) is 0 Å². The van der Waals surface area contributed by atoms with Crippen LogP contribution in [0.15, 0.2) is 43.1 Å². The minimum Gasteiger partial charge on any atom is -1.00 e. The van der Waals surface area contributed by atoms with E-state index in [9.17, 15) is 0 Å². The van der Waals surface area contributed by atoms with E-state index in [4.69, 9.17) is 0 Å². The first kappa shape index (κ1) is 13.4. The molecule has 0 spiro atoms. The molecule has 2 aliphatic carbocycles. The predicted octanol–water partition coefficient (Wildman–Crippen LogP) is 4.52. The zero-order valence-corrected chi connectivity index (χ0v) is 16.0. The molecule has 17 heavy (non-hydrogen) atoms. The largest absolute Gasteiger partial charge is 1.00 e. The van der Waals surface area contributed by atoms with Crippen LogP contribution in [0.5, 0.6) is 0 Å². The molecular weight excluding hydrogens is 387 g/mol. The second-order valence-electron chi connectivity index (χ2n) is 5.40. The van der Waals surface area contributed by atoms with E-state index in [0.717, 1.165) is 0 Å². The summed E-state index contributed by atoms with van der Waals surface area (Å²) < 4.78 is 5.47. The molecule has 0 saturated heterocycles. The molecule has 0 unspecified atom stereocenters. The van der Waals surface area contributed by atoms with E-state index in [0.29, 0.717) is 0 Å². The number of rotatable bonds is 2. The van der Waals surface area contributed by atoms with E-state index in [2.05, 4.69) is 63.4 Å². The van der Waals surface area contributed by atoms with E-state index >= 15 is 0 Å². The number of hydrogen-bond donors (Lipinski definition) is 0. The van der Waals surface area contributed by atoms with Crippen molar-refractivity contribution in [2.24, 2.45) is 0 Å². The van der Waals surface area contributed by atoms with Crippen molar-refractivity contribution in [3.05, 3.63) is 43.1 Å². The fourth-order valence-corrected chi connectivity index (χ4v) is 45.0. The standard InChI is InChI=1S/2C5H5.C3H6.C2H6Si.Hf.2H/c2*1-2-4-5-3-1;2*1-3-2;;;/h2*1-3H,4H2;2*1-2H3;;;/q;;;;;2*-1. The molecule has 0 N–H and O–H groups in total. The molecule has 0 atom stereocenters. The van der Waals surface area contributed by atoms with Crippen molar-refractivity contribution in [3.8, 4) is 0 Å². The van der Waals surface area contributed by atoms with Crippen LogP contribution in [0.4, 0.5) is 0 Å². The van der Waals surface area contributed by atoms with Crippen molar-refractivity contribution in [1.82, 2.24) is 0 Å². The molecule has 0 bridgehead atoms. The Balaban J connectivity index is 0.00000162. The maximum atomic E-state index is 2.55. The molecular formula is C15H24HfSi-2. The van der Waals surface area contributed by atoms with Gasteiger partial charge in [0.05, 0.1) is 0 Å². The Morgan fingerprint density at radius 2 is 1.53 bits per heavy atom. The van der Waals surface area contributed by atoms with Gasteiger partial charge in [-0.1, -0.05) is 0 Å². The van der Waals surface area contributed by atoms with Gasteiger partial charge >= 0.3 is 110 Å². The molecule has 2 rings (SSSR count). The van der Waals surface area contributed by atoms with Crippen LogP contribution in [-0.4, -0.2) is 8.75 Å². The van der Waals surface area contributed by atoms with Crippen LogP contribution in [0, 0.1) is 0 Å². The predicted molar refractivity (Wildman–Crippen MR) is 79.7 cm³/mol. The molecule has 2 heteroatoms. The SMILES string of the molecule is C[C](C)=[Hf]([C]1=CC=CC1)([C]1=CC=CC1)=[Si](C)C.[H-].[H-]. The van der Waals surface area contributed by atoms with Gasteiger partial charge in [-0.2, -0.15) is 0 Å². The summed E-state index contributed by atoms with van der Waals surface area (Å²) in [5, 5.41) is 0. The van der Waals surface area contributed by atoms with Crippen LogP contribution in [0.3, 0.4) is 0 Å². The molecule has 0 saturated carbocycles. The third-order valence-corrected chi connectivity index (χ3v) is 46.0. The molecule has 0 aromatic rings. The van der Waals surface area contributed by atoms with Gasteiger partial charge in [0.2, 0.25) is 0 Å². The van der Waals surface area contributed by atoms with Crippen LogP contribution in [0.1, 0.15) is 29.5 Å². The Labute approximate surface area is 112 Å². The minimum atomic E-state index is -2.51. The normalized spacial score (nSPS) is 17.4. The fourth-order valence-electron chi connectivity index (χ4n) is 3.44. The first-order chi connectivity index (χ1) is 8.10. The summed E-state index contributed by atoms with van der Waals surface area (Å²) in [5.41, 5.74) is -0.229. The van der Waals surface area contributed by atoms with Gasteiger partial charge in [-0.25, -0.2) is 0 Å². The van der Waals surface area contributed by atoms with Gasteiger partial charge < -0.3 is 2.85 Å². The Hall–Kier alpha value is -0.0830. The average Bonchev–Trinajstić information content (AvgIpc) is 2.88. The second-order valence-corrected chi connectivity index (χ2v) is 37.9. The van der Waals surface area contributed by atoms with Gasteiger partial charge in [0.15, 0.2) is 0 Å². The Bertz CT molecular complexity index is 519. The first-order valence-corrected chi connectivity index (χ1v) is 19.7. The quantitative estimate of drug-likeness (QED) is 0.587. The van der Waals surface area contributed by atoms with Gasteiger partial charge in [-0.05, 0) is 0 Å². The van der Waals surface area contributed by atoms with Crippen molar-refractivity contribution in [1.29, 1.82) is 0 Å². The molecule has 94 valence electrons. The van der Waals surface area contributed by atoms with Gasteiger partial charge in [0, 0.05) is 0 Å². The molecule has 0 aliphatic heterocycles. The van der Waals surface area contributed by atoms with Gasteiger partial charge in [0.1, 0.15) is 0 Å². The Morgan fingerprint density at radius 3 is 1.76 bits per heavy atom. The van der Waals surface area contributed by atoms with Crippen molar-refractivity contribution < 1.29 is 21.0 Å². The summed E-state index contributed by atoms with van der Waals surface area (Å²) in [7, 11) is 0. The van der Waals surface area contributed by atoms with E-state index in [-0.39, 0.29) is 8.35 Å². The van der Waals surface area contributed by atoms with Crippen LogP contribution in [0.25, 0.3) is 0 Å². The summed E-state index contributed by atoms with van der Waals surface area (Å²) in [4.78, 5) is 0. The van der Waals surface area contributed by atoms with Crippen molar-refractivity contribution in [2.45, 2.75) is 39.8 Å². The van der Waals surface area contributed by atoms with Gasteiger partial charge in [-0.15, -0.1) is 0 Å². The topological polar surface area (TPSA) is 0 Å². The molecule has 0 amide bonds. The van der Waals surface area contributed by atoms with Crippen LogP contribution in [-0.2, 0) is 18.1 Å². The smallest absolute Gasteiger partial charge is 1.00 e. The monoisotopic (exact) mass is 412 g/mol. The molecule has 2 aliphatic rings. The summed E-state index contributed by atoms with van der Waals surface area (Å²) in [6, 6.07) is 0. The molecule has 0 heterocycles. The zero-order valence-electron chi connectivity index (χ0n) is 13.4. The van der Waals surface area contributed by atoms with E-state index in [1.165, 1.54) is 12.8 Å². The summed E-state index contributed by atoms with van der Waals surface area (Å²) >= 11 is -2.51. The van der Waals surface area contributed by atoms with Crippen molar-refractivity contribution in [2.75, 3.05) is 0 Å². The molecule has 0 aromatic carbocycles. The second kappa shape index (κ2) is 5.27. The summed E-state index contributed by atoms with van der Waals surface area (Å²) in [6.07, 6.45) is 16.6.